The first-order chi connectivity index (χ1) is 14.3. The van der Waals surface area contributed by atoms with Crippen LogP contribution in [0.5, 0.6) is 0 Å². The fourth-order valence-electron chi connectivity index (χ4n) is 3.49. The normalized spacial score (nSPS) is 13.1. The fourth-order valence-corrected chi connectivity index (χ4v) is 4.12. The monoisotopic (exact) mass is 438 g/mol. The van der Waals surface area contributed by atoms with Crippen molar-refractivity contribution < 1.29 is 13.2 Å². The molecule has 0 aliphatic rings. The first kappa shape index (κ1) is 22.8. The molecule has 31 heavy (non-hydrogen) atoms. The molecule has 3 rings (SSSR count). The maximum Gasteiger partial charge on any atom is 0.251 e. The average molecular weight is 439 g/mol. The first-order valence-corrected chi connectivity index (χ1v) is 12.2. The second-order valence-corrected chi connectivity index (χ2v) is 10.9. The molecule has 0 saturated carbocycles. The largest absolute Gasteiger partial charge is 0.346 e. The average Bonchev–Trinajstić information content (AvgIpc) is 2.66. The highest BCUT2D eigenvalue weighted by atomic mass is 32.2. The number of amides is 1. The van der Waals surface area contributed by atoms with Crippen LogP contribution in [0, 0.1) is 6.92 Å². The number of hydrogen-bond donors (Lipinski definition) is 2. The second kappa shape index (κ2) is 8.35. The molecule has 0 bridgehead atoms. The number of benzene rings is 3. The van der Waals surface area contributed by atoms with E-state index in [1.54, 1.807) is 6.07 Å². The van der Waals surface area contributed by atoms with Crippen molar-refractivity contribution >= 4 is 32.4 Å². The van der Waals surface area contributed by atoms with Gasteiger partial charge in [-0.3, -0.25) is 9.52 Å². The van der Waals surface area contributed by atoms with Gasteiger partial charge in [-0.15, -0.1) is 0 Å². The van der Waals surface area contributed by atoms with Gasteiger partial charge in [-0.2, -0.15) is 0 Å². The SMILES string of the molecule is Cc1cc([C@@H](C)NC(=O)c2ccc3cc(C(C)(C)C)ccc3c2)ccc1NS(C)(=O)=O. The molecule has 0 radical (unpaired) electrons. The van der Waals surface area contributed by atoms with E-state index >= 15 is 0 Å². The third-order valence-corrected chi connectivity index (χ3v) is 5.95. The highest BCUT2D eigenvalue weighted by Crippen LogP contribution is 2.27. The summed E-state index contributed by atoms with van der Waals surface area (Å²) in [6.07, 6.45) is 1.12. The number of carbonyl (C=O) groups excluding carboxylic acids is 1. The summed E-state index contributed by atoms with van der Waals surface area (Å²) >= 11 is 0. The molecule has 0 fully saturated rings. The Morgan fingerprint density at radius 2 is 1.58 bits per heavy atom. The smallest absolute Gasteiger partial charge is 0.251 e. The van der Waals surface area contributed by atoms with Gasteiger partial charge >= 0.3 is 0 Å². The Morgan fingerprint density at radius 3 is 2.19 bits per heavy atom. The summed E-state index contributed by atoms with van der Waals surface area (Å²) in [5.41, 5.74) is 4.17. The minimum Gasteiger partial charge on any atom is -0.346 e. The van der Waals surface area contributed by atoms with Crippen LogP contribution >= 0.6 is 0 Å². The Kier molecular flexibility index (Phi) is 6.14. The van der Waals surface area contributed by atoms with Gasteiger partial charge in [0.25, 0.3) is 5.91 Å². The van der Waals surface area contributed by atoms with Crippen molar-refractivity contribution in [2.45, 2.75) is 46.1 Å². The van der Waals surface area contributed by atoms with Crippen LogP contribution in [0.25, 0.3) is 10.8 Å². The number of carbonyl (C=O) groups is 1. The Morgan fingerprint density at radius 1 is 0.935 bits per heavy atom. The zero-order valence-electron chi connectivity index (χ0n) is 18.9. The number of aryl methyl sites for hydroxylation is 1. The van der Waals surface area contributed by atoms with Gasteiger partial charge in [0.05, 0.1) is 18.0 Å². The summed E-state index contributed by atoms with van der Waals surface area (Å²) in [6.45, 7) is 10.3. The van der Waals surface area contributed by atoms with Crippen LogP contribution in [0.4, 0.5) is 5.69 Å². The Hall–Kier alpha value is -2.86. The van der Waals surface area contributed by atoms with Gasteiger partial charge < -0.3 is 5.32 Å². The van der Waals surface area contributed by atoms with Gasteiger partial charge in [-0.1, -0.05) is 57.2 Å². The molecule has 1 atom stereocenters. The zero-order chi connectivity index (χ0) is 23.0. The van der Waals surface area contributed by atoms with E-state index in [1.807, 2.05) is 44.2 Å². The molecule has 0 aliphatic carbocycles. The molecular formula is C25H30N2O3S. The summed E-state index contributed by atoms with van der Waals surface area (Å²) in [7, 11) is -3.34. The van der Waals surface area contributed by atoms with Crippen LogP contribution in [0.3, 0.4) is 0 Å². The molecule has 0 spiro atoms. The quantitative estimate of drug-likeness (QED) is 0.567. The molecular weight excluding hydrogens is 408 g/mol. The predicted octanol–water partition coefficient (Wildman–Crippen LogP) is 5.31. The van der Waals surface area contributed by atoms with Crippen LogP contribution in [-0.2, 0) is 15.4 Å². The van der Waals surface area contributed by atoms with Crippen LogP contribution in [0.2, 0.25) is 0 Å². The van der Waals surface area contributed by atoms with E-state index < -0.39 is 10.0 Å². The first-order valence-electron chi connectivity index (χ1n) is 10.3. The van der Waals surface area contributed by atoms with E-state index in [9.17, 15) is 13.2 Å². The van der Waals surface area contributed by atoms with E-state index in [-0.39, 0.29) is 17.4 Å². The van der Waals surface area contributed by atoms with Crippen molar-refractivity contribution in [3.05, 3.63) is 76.9 Å². The zero-order valence-corrected chi connectivity index (χ0v) is 19.7. The van der Waals surface area contributed by atoms with E-state index in [4.69, 9.17) is 0 Å². The maximum atomic E-state index is 12.8. The van der Waals surface area contributed by atoms with Crippen LogP contribution in [0.1, 0.15) is 60.8 Å². The molecule has 6 heteroatoms. The molecule has 1 amide bonds. The van der Waals surface area contributed by atoms with Crippen molar-refractivity contribution in [1.82, 2.24) is 5.32 Å². The second-order valence-electron chi connectivity index (χ2n) is 9.17. The molecule has 3 aromatic rings. The molecule has 0 saturated heterocycles. The summed E-state index contributed by atoms with van der Waals surface area (Å²) in [4.78, 5) is 12.8. The molecule has 164 valence electrons. The van der Waals surface area contributed by atoms with Gasteiger partial charge in [0.1, 0.15) is 0 Å². The van der Waals surface area contributed by atoms with Gasteiger partial charge in [0.2, 0.25) is 10.0 Å². The van der Waals surface area contributed by atoms with Crippen LogP contribution in [-0.4, -0.2) is 20.6 Å². The van der Waals surface area contributed by atoms with Crippen molar-refractivity contribution in [3.8, 4) is 0 Å². The number of nitrogens with one attached hydrogen (secondary N) is 2. The minimum atomic E-state index is -3.34. The standard InChI is InChI=1S/C25H30N2O3S/c1-16-13-18(10-12-23(16)27-31(6,29)30)17(2)26-24(28)21-8-7-20-15-22(25(3,4)5)11-9-19(20)14-21/h7-15,17,27H,1-6H3,(H,26,28)/t17-/m1/s1. The predicted molar refractivity (Wildman–Crippen MR) is 128 cm³/mol. The molecule has 0 aromatic heterocycles. The summed E-state index contributed by atoms with van der Waals surface area (Å²) in [6, 6.07) is 17.3. The fraction of sp³-hybridized carbons (Fsp3) is 0.320. The van der Waals surface area contributed by atoms with Crippen molar-refractivity contribution in [3.63, 3.8) is 0 Å². The van der Waals surface area contributed by atoms with Crippen LogP contribution in [0.15, 0.2) is 54.6 Å². The third kappa shape index (κ3) is 5.64. The molecule has 3 aromatic carbocycles. The lowest BCUT2D eigenvalue weighted by molar-refractivity contribution is 0.0940. The molecule has 0 unspecified atom stereocenters. The Bertz CT molecular complexity index is 1240. The highest BCUT2D eigenvalue weighted by molar-refractivity contribution is 7.92. The molecule has 2 N–H and O–H groups in total. The third-order valence-electron chi connectivity index (χ3n) is 5.36. The van der Waals surface area contributed by atoms with Crippen molar-refractivity contribution in [2.75, 3.05) is 11.0 Å². The van der Waals surface area contributed by atoms with Crippen molar-refractivity contribution in [2.24, 2.45) is 0 Å². The minimum absolute atomic E-state index is 0.0736. The van der Waals surface area contributed by atoms with Gasteiger partial charge in [-0.05, 0) is 64.9 Å². The van der Waals surface area contributed by atoms with E-state index in [0.717, 1.165) is 28.2 Å². The highest BCUT2D eigenvalue weighted by Gasteiger charge is 2.16. The maximum absolute atomic E-state index is 12.8. The van der Waals surface area contributed by atoms with E-state index in [2.05, 4.69) is 49.0 Å². The Balaban J connectivity index is 1.77. The number of hydrogen-bond acceptors (Lipinski definition) is 3. The lowest BCUT2D eigenvalue weighted by atomic mass is 9.86. The van der Waals surface area contributed by atoms with Crippen LogP contribution < -0.4 is 10.0 Å². The topological polar surface area (TPSA) is 75.3 Å². The van der Waals surface area contributed by atoms with Gasteiger partial charge in [0.15, 0.2) is 0 Å². The number of rotatable bonds is 5. The molecule has 5 nitrogen and oxygen atoms in total. The van der Waals surface area contributed by atoms with Crippen molar-refractivity contribution in [1.29, 1.82) is 0 Å². The lowest BCUT2D eigenvalue weighted by Crippen LogP contribution is -2.26. The molecule has 0 aliphatic heterocycles. The lowest BCUT2D eigenvalue weighted by Gasteiger charge is -2.20. The van der Waals surface area contributed by atoms with E-state index in [0.29, 0.717) is 11.3 Å². The number of fused-ring (bicyclic) bond motifs is 1. The summed E-state index contributed by atoms with van der Waals surface area (Å²) in [5, 5.41) is 5.17. The number of sulfonamides is 1. The van der Waals surface area contributed by atoms with Gasteiger partial charge in [-0.25, -0.2) is 8.42 Å². The summed E-state index contributed by atoms with van der Waals surface area (Å²) in [5.74, 6) is -0.148. The Labute approximate surface area is 184 Å². The number of anilines is 1. The molecule has 0 heterocycles. The van der Waals surface area contributed by atoms with Gasteiger partial charge in [0, 0.05) is 5.56 Å². The summed E-state index contributed by atoms with van der Waals surface area (Å²) < 4.78 is 25.4. The van der Waals surface area contributed by atoms with E-state index in [1.165, 1.54) is 5.56 Å².